The number of hydrogen-bond acceptors (Lipinski definition) is 3. The Morgan fingerprint density at radius 1 is 1.04 bits per heavy atom. The summed E-state index contributed by atoms with van der Waals surface area (Å²) in [5, 5.41) is 3.47. The van der Waals surface area contributed by atoms with E-state index in [2.05, 4.69) is 5.32 Å². The van der Waals surface area contributed by atoms with Crippen molar-refractivity contribution in [1.29, 1.82) is 0 Å². The van der Waals surface area contributed by atoms with Crippen LogP contribution in [0.25, 0.3) is 0 Å². The van der Waals surface area contributed by atoms with E-state index < -0.39 is 5.82 Å². The molecule has 26 heavy (non-hydrogen) atoms. The Labute approximate surface area is 153 Å². The highest BCUT2D eigenvalue weighted by molar-refractivity contribution is 6.10. The first kappa shape index (κ1) is 17.2. The molecule has 4 heteroatoms. The normalized spacial score (nSPS) is 25.3. The zero-order valence-corrected chi connectivity index (χ0v) is 14.8. The number of piperidine rings is 1. The fourth-order valence-electron chi connectivity index (χ4n) is 4.29. The Bertz CT molecular complexity index is 777. The molecular weight excluding hydrogens is 329 g/mol. The molecule has 1 saturated heterocycles. The molecule has 0 spiro atoms. The summed E-state index contributed by atoms with van der Waals surface area (Å²) in [6, 6.07) is 13.2. The number of hydrogen-bond donors (Lipinski definition) is 1. The molecule has 0 radical (unpaired) electrons. The van der Waals surface area contributed by atoms with Gasteiger partial charge >= 0.3 is 0 Å². The standard InChI is InChI=1S/C22H24FNO2/c23-18-7-9-21(20(13-18)22(25)15-4-2-1-3-5-15)26-19-8-6-17-14-24-11-10-16(17)12-19/h1-5,7,9,13,16-17,19,24H,6,8,10-12,14H2. The number of ketones is 1. The predicted molar refractivity (Wildman–Crippen MR) is 99.0 cm³/mol. The van der Waals surface area contributed by atoms with Crippen molar-refractivity contribution in [2.24, 2.45) is 11.8 Å². The minimum absolute atomic E-state index is 0.0992. The van der Waals surface area contributed by atoms with Crippen LogP contribution in [0.1, 0.15) is 41.6 Å². The summed E-state index contributed by atoms with van der Waals surface area (Å²) in [6.07, 6.45) is 4.43. The van der Waals surface area contributed by atoms with Crippen LogP contribution in [-0.4, -0.2) is 25.0 Å². The molecule has 0 bridgehead atoms. The van der Waals surface area contributed by atoms with Crippen molar-refractivity contribution in [2.75, 3.05) is 13.1 Å². The second-order valence-corrected chi connectivity index (χ2v) is 7.40. The molecule has 4 rings (SSSR count). The predicted octanol–water partition coefficient (Wildman–Crippen LogP) is 4.21. The first-order valence-electron chi connectivity index (χ1n) is 9.47. The molecule has 136 valence electrons. The van der Waals surface area contributed by atoms with Crippen LogP contribution in [-0.2, 0) is 0 Å². The monoisotopic (exact) mass is 353 g/mol. The van der Waals surface area contributed by atoms with Gasteiger partial charge in [-0.25, -0.2) is 4.39 Å². The number of fused-ring (bicyclic) bond motifs is 1. The number of nitrogens with one attached hydrogen (secondary N) is 1. The average Bonchev–Trinajstić information content (AvgIpc) is 2.69. The molecule has 3 nitrogen and oxygen atoms in total. The summed E-state index contributed by atoms with van der Waals surface area (Å²) >= 11 is 0. The Balaban J connectivity index is 1.54. The maximum absolute atomic E-state index is 13.8. The third-order valence-corrected chi connectivity index (χ3v) is 5.71. The fraction of sp³-hybridized carbons (Fsp3) is 0.409. The minimum Gasteiger partial charge on any atom is -0.490 e. The minimum atomic E-state index is -0.418. The molecule has 2 aliphatic rings. The van der Waals surface area contributed by atoms with Gasteiger partial charge in [-0.1, -0.05) is 30.3 Å². The first-order valence-corrected chi connectivity index (χ1v) is 9.47. The summed E-state index contributed by atoms with van der Waals surface area (Å²) in [5.41, 5.74) is 0.855. The lowest BCUT2D eigenvalue weighted by molar-refractivity contribution is 0.0700. The van der Waals surface area contributed by atoms with Gasteiger partial charge in [0.05, 0.1) is 11.7 Å². The lowest BCUT2D eigenvalue weighted by atomic mass is 9.74. The highest BCUT2D eigenvalue weighted by atomic mass is 19.1. The number of carbonyl (C=O) groups excluding carboxylic acids is 1. The lowest BCUT2D eigenvalue weighted by Crippen LogP contribution is -2.42. The van der Waals surface area contributed by atoms with Gasteiger partial charge in [-0.15, -0.1) is 0 Å². The Morgan fingerprint density at radius 2 is 1.88 bits per heavy atom. The summed E-state index contributed by atoms with van der Waals surface area (Å²) in [6.45, 7) is 2.17. The molecule has 3 atom stereocenters. The molecule has 1 aliphatic carbocycles. The van der Waals surface area contributed by atoms with E-state index >= 15 is 0 Å². The van der Waals surface area contributed by atoms with Crippen LogP contribution in [0.2, 0.25) is 0 Å². The number of rotatable bonds is 4. The quantitative estimate of drug-likeness (QED) is 0.837. The number of halogens is 1. The zero-order chi connectivity index (χ0) is 17.9. The van der Waals surface area contributed by atoms with Gasteiger partial charge in [-0.3, -0.25) is 4.79 Å². The van der Waals surface area contributed by atoms with E-state index in [0.29, 0.717) is 22.8 Å². The average molecular weight is 353 g/mol. The second-order valence-electron chi connectivity index (χ2n) is 7.40. The molecule has 3 unspecified atom stereocenters. The van der Waals surface area contributed by atoms with Gasteiger partial charge in [-0.2, -0.15) is 0 Å². The van der Waals surface area contributed by atoms with Gasteiger partial charge in [0, 0.05) is 5.56 Å². The van der Waals surface area contributed by atoms with Crippen molar-refractivity contribution in [1.82, 2.24) is 5.32 Å². The summed E-state index contributed by atoms with van der Waals surface area (Å²) in [5.74, 6) is 1.30. The van der Waals surface area contributed by atoms with Gasteiger partial charge in [0.15, 0.2) is 5.78 Å². The smallest absolute Gasteiger partial charge is 0.196 e. The van der Waals surface area contributed by atoms with E-state index in [-0.39, 0.29) is 11.9 Å². The summed E-state index contributed by atoms with van der Waals surface area (Å²) < 4.78 is 20.0. The van der Waals surface area contributed by atoms with Gasteiger partial charge in [-0.05, 0) is 68.8 Å². The van der Waals surface area contributed by atoms with Crippen molar-refractivity contribution < 1.29 is 13.9 Å². The molecule has 2 aromatic carbocycles. The number of carbonyl (C=O) groups is 1. The van der Waals surface area contributed by atoms with Crippen molar-refractivity contribution in [3.8, 4) is 5.75 Å². The van der Waals surface area contributed by atoms with Gasteiger partial charge in [0.25, 0.3) is 0 Å². The Hall–Kier alpha value is -2.20. The van der Waals surface area contributed by atoms with Crippen LogP contribution in [0.4, 0.5) is 4.39 Å². The van der Waals surface area contributed by atoms with Crippen molar-refractivity contribution in [2.45, 2.75) is 31.8 Å². The zero-order valence-electron chi connectivity index (χ0n) is 14.8. The molecule has 1 aliphatic heterocycles. The molecule has 1 heterocycles. The van der Waals surface area contributed by atoms with Crippen LogP contribution in [0.3, 0.4) is 0 Å². The van der Waals surface area contributed by atoms with Gasteiger partial charge in [0.2, 0.25) is 0 Å². The molecular formula is C22H24FNO2. The molecule has 2 fully saturated rings. The topological polar surface area (TPSA) is 38.3 Å². The second kappa shape index (κ2) is 7.58. The van der Waals surface area contributed by atoms with E-state index in [4.69, 9.17) is 4.74 Å². The third kappa shape index (κ3) is 3.65. The fourth-order valence-corrected chi connectivity index (χ4v) is 4.29. The van der Waals surface area contributed by atoms with Crippen molar-refractivity contribution in [3.05, 3.63) is 65.5 Å². The van der Waals surface area contributed by atoms with Crippen molar-refractivity contribution >= 4 is 5.78 Å². The van der Waals surface area contributed by atoms with Crippen molar-refractivity contribution in [3.63, 3.8) is 0 Å². The Kier molecular flexibility index (Phi) is 5.02. The largest absolute Gasteiger partial charge is 0.490 e. The van der Waals surface area contributed by atoms with E-state index in [9.17, 15) is 9.18 Å². The molecule has 0 aromatic heterocycles. The molecule has 0 amide bonds. The lowest BCUT2D eigenvalue weighted by Gasteiger charge is -2.39. The SMILES string of the molecule is O=C(c1ccccc1)c1cc(F)ccc1OC1CCC2CNCCC2C1. The van der Waals surface area contributed by atoms with Gasteiger partial charge < -0.3 is 10.1 Å². The summed E-state index contributed by atoms with van der Waals surface area (Å²) in [7, 11) is 0. The molecule has 1 saturated carbocycles. The summed E-state index contributed by atoms with van der Waals surface area (Å²) in [4.78, 5) is 12.8. The van der Waals surface area contributed by atoms with E-state index in [1.807, 2.05) is 18.2 Å². The van der Waals surface area contributed by atoms with Crippen LogP contribution < -0.4 is 10.1 Å². The maximum Gasteiger partial charge on any atom is 0.196 e. The number of ether oxygens (including phenoxy) is 1. The highest BCUT2D eigenvalue weighted by Gasteiger charge is 2.33. The van der Waals surface area contributed by atoms with Crippen LogP contribution >= 0.6 is 0 Å². The Morgan fingerprint density at radius 3 is 2.73 bits per heavy atom. The first-order chi connectivity index (χ1) is 12.7. The molecule has 2 aromatic rings. The highest BCUT2D eigenvalue weighted by Crippen LogP contribution is 2.36. The number of benzene rings is 2. The van der Waals surface area contributed by atoms with Crippen LogP contribution in [0.15, 0.2) is 48.5 Å². The third-order valence-electron chi connectivity index (χ3n) is 5.71. The molecule has 1 N–H and O–H groups in total. The van der Waals surface area contributed by atoms with E-state index in [1.165, 1.54) is 18.6 Å². The maximum atomic E-state index is 13.8. The van der Waals surface area contributed by atoms with E-state index in [1.54, 1.807) is 18.2 Å². The van der Waals surface area contributed by atoms with Crippen LogP contribution in [0, 0.1) is 17.7 Å². The van der Waals surface area contributed by atoms with Crippen LogP contribution in [0.5, 0.6) is 5.75 Å². The van der Waals surface area contributed by atoms with E-state index in [0.717, 1.165) is 38.3 Å². The van der Waals surface area contributed by atoms with Gasteiger partial charge in [0.1, 0.15) is 11.6 Å².